The standard InChI is InChI=1S/C23H30O/c1-3-4-9-20-12-14-21(15-13-20)10-7-5-6-8-11-22-16-18-23(24-2)19-17-22/h7-8,10-11,16-21H,3-4,9,12-15H2,1-2H3/b10-7+,11-8+/t20-,21-. The van der Waals surface area contributed by atoms with Gasteiger partial charge in [-0.3, -0.25) is 0 Å². The first-order chi connectivity index (χ1) is 11.8. The molecule has 1 aromatic rings. The number of allylic oxidation sites excluding steroid dienone is 3. The third-order valence-corrected chi connectivity index (χ3v) is 4.87. The fourth-order valence-electron chi connectivity index (χ4n) is 3.30. The van der Waals surface area contributed by atoms with Crippen molar-refractivity contribution in [3.8, 4) is 17.6 Å². The van der Waals surface area contributed by atoms with Crippen LogP contribution in [0.4, 0.5) is 0 Å². The van der Waals surface area contributed by atoms with Gasteiger partial charge in [-0.05, 0) is 73.4 Å². The molecule has 0 amide bonds. The second-order valence-corrected chi connectivity index (χ2v) is 6.68. The third-order valence-electron chi connectivity index (χ3n) is 4.87. The van der Waals surface area contributed by atoms with E-state index >= 15 is 0 Å². The maximum atomic E-state index is 5.15. The monoisotopic (exact) mass is 322 g/mol. The Kier molecular flexibility index (Phi) is 8.25. The van der Waals surface area contributed by atoms with Crippen LogP contribution in [0.1, 0.15) is 57.4 Å². The van der Waals surface area contributed by atoms with Gasteiger partial charge in [-0.15, -0.1) is 0 Å². The molecule has 1 fully saturated rings. The first-order valence-corrected chi connectivity index (χ1v) is 9.30. The summed E-state index contributed by atoms with van der Waals surface area (Å²) >= 11 is 0. The zero-order valence-electron chi connectivity index (χ0n) is 15.1. The van der Waals surface area contributed by atoms with Crippen molar-refractivity contribution >= 4 is 6.08 Å². The number of rotatable bonds is 6. The minimum atomic E-state index is 0.739. The molecule has 0 spiro atoms. The Morgan fingerprint density at radius 1 is 1.04 bits per heavy atom. The lowest BCUT2D eigenvalue weighted by Crippen LogP contribution is -2.12. The Morgan fingerprint density at radius 3 is 2.42 bits per heavy atom. The van der Waals surface area contributed by atoms with Gasteiger partial charge in [0.15, 0.2) is 0 Å². The van der Waals surface area contributed by atoms with Gasteiger partial charge in [0.2, 0.25) is 0 Å². The minimum Gasteiger partial charge on any atom is -0.497 e. The molecule has 24 heavy (non-hydrogen) atoms. The molecule has 2 rings (SSSR count). The van der Waals surface area contributed by atoms with E-state index < -0.39 is 0 Å². The molecule has 0 heterocycles. The fraction of sp³-hybridized carbons (Fsp3) is 0.478. The summed E-state index contributed by atoms with van der Waals surface area (Å²) in [6.45, 7) is 2.29. The number of benzene rings is 1. The highest BCUT2D eigenvalue weighted by Crippen LogP contribution is 2.32. The Hall–Kier alpha value is -1.94. The second kappa shape index (κ2) is 10.8. The Labute approximate surface area is 147 Å². The molecule has 0 bridgehead atoms. The van der Waals surface area contributed by atoms with E-state index in [0.29, 0.717) is 0 Å². The summed E-state index contributed by atoms with van der Waals surface area (Å²) < 4.78 is 5.15. The first-order valence-electron chi connectivity index (χ1n) is 9.30. The molecule has 1 aliphatic carbocycles. The van der Waals surface area contributed by atoms with Crippen molar-refractivity contribution in [2.24, 2.45) is 11.8 Å². The van der Waals surface area contributed by atoms with Gasteiger partial charge in [-0.25, -0.2) is 0 Å². The highest BCUT2D eigenvalue weighted by Gasteiger charge is 2.18. The highest BCUT2D eigenvalue weighted by molar-refractivity contribution is 5.54. The molecular weight excluding hydrogens is 292 g/mol. The van der Waals surface area contributed by atoms with Crippen molar-refractivity contribution in [3.63, 3.8) is 0 Å². The van der Waals surface area contributed by atoms with Crippen molar-refractivity contribution in [2.45, 2.75) is 51.9 Å². The molecule has 128 valence electrons. The van der Waals surface area contributed by atoms with Crippen molar-refractivity contribution in [3.05, 3.63) is 48.1 Å². The van der Waals surface area contributed by atoms with E-state index in [1.807, 2.05) is 42.5 Å². The average molecular weight is 322 g/mol. The van der Waals surface area contributed by atoms with Gasteiger partial charge in [-0.2, -0.15) is 0 Å². The van der Waals surface area contributed by atoms with E-state index in [2.05, 4.69) is 24.8 Å². The Balaban J connectivity index is 1.70. The largest absolute Gasteiger partial charge is 0.497 e. The zero-order chi connectivity index (χ0) is 17.0. The van der Waals surface area contributed by atoms with Gasteiger partial charge in [0, 0.05) is 0 Å². The number of hydrogen-bond acceptors (Lipinski definition) is 1. The molecule has 0 atom stereocenters. The number of methoxy groups -OCH3 is 1. The normalized spacial score (nSPS) is 20.9. The van der Waals surface area contributed by atoms with E-state index in [4.69, 9.17) is 4.74 Å². The molecular formula is C23H30O. The molecule has 1 saturated carbocycles. The lowest BCUT2D eigenvalue weighted by molar-refractivity contribution is 0.291. The Bertz CT molecular complexity index is 575. The summed E-state index contributed by atoms with van der Waals surface area (Å²) in [7, 11) is 1.68. The minimum absolute atomic E-state index is 0.739. The van der Waals surface area contributed by atoms with Gasteiger partial charge < -0.3 is 4.74 Å². The van der Waals surface area contributed by atoms with E-state index in [1.165, 1.54) is 44.9 Å². The Morgan fingerprint density at radius 2 is 1.75 bits per heavy atom. The maximum absolute atomic E-state index is 5.15. The SMILES string of the molecule is CCCC[C@H]1CC[C@H](/C=C/C#C/C=C/c2ccc(OC)cc2)CC1. The average Bonchev–Trinajstić information content (AvgIpc) is 2.64. The topological polar surface area (TPSA) is 9.23 Å². The third kappa shape index (κ3) is 6.67. The van der Waals surface area contributed by atoms with Crippen LogP contribution < -0.4 is 4.74 Å². The van der Waals surface area contributed by atoms with E-state index in [-0.39, 0.29) is 0 Å². The molecule has 1 aliphatic rings. The molecule has 0 unspecified atom stereocenters. The van der Waals surface area contributed by atoms with Crippen LogP contribution in [0.2, 0.25) is 0 Å². The van der Waals surface area contributed by atoms with Crippen LogP contribution in [0.3, 0.4) is 0 Å². The molecule has 0 saturated heterocycles. The molecule has 0 N–H and O–H groups in total. The number of hydrogen-bond donors (Lipinski definition) is 0. The molecule has 1 heteroatoms. The van der Waals surface area contributed by atoms with Gasteiger partial charge >= 0.3 is 0 Å². The predicted octanol–water partition coefficient (Wildman–Crippen LogP) is 6.26. The van der Waals surface area contributed by atoms with Crippen LogP contribution in [0.5, 0.6) is 5.75 Å². The molecule has 1 aromatic carbocycles. The quantitative estimate of drug-likeness (QED) is 0.561. The van der Waals surface area contributed by atoms with Gasteiger partial charge in [0.1, 0.15) is 5.75 Å². The van der Waals surface area contributed by atoms with Crippen LogP contribution in [-0.4, -0.2) is 7.11 Å². The van der Waals surface area contributed by atoms with Crippen LogP contribution in [0.25, 0.3) is 6.08 Å². The molecule has 0 aliphatic heterocycles. The highest BCUT2D eigenvalue weighted by atomic mass is 16.5. The fourth-order valence-corrected chi connectivity index (χ4v) is 3.30. The maximum Gasteiger partial charge on any atom is 0.118 e. The van der Waals surface area contributed by atoms with Crippen molar-refractivity contribution in [1.29, 1.82) is 0 Å². The summed E-state index contributed by atoms with van der Waals surface area (Å²) in [5.74, 6) is 8.82. The van der Waals surface area contributed by atoms with Gasteiger partial charge in [0.05, 0.1) is 7.11 Å². The number of ether oxygens (including phenoxy) is 1. The van der Waals surface area contributed by atoms with Gasteiger partial charge in [0.25, 0.3) is 0 Å². The molecule has 0 aromatic heterocycles. The van der Waals surface area contributed by atoms with Crippen molar-refractivity contribution < 1.29 is 4.74 Å². The summed E-state index contributed by atoms with van der Waals surface area (Å²) in [5, 5.41) is 0. The van der Waals surface area contributed by atoms with Crippen LogP contribution >= 0.6 is 0 Å². The van der Waals surface area contributed by atoms with E-state index in [9.17, 15) is 0 Å². The smallest absolute Gasteiger partial charge is 0.118 e. The summed E-state index contributed by atoms with van der Waals surface area (Å²) in [5.41, 5.74) is 1.14. The first kappa shape index (κ1) is 18.4. The van der Waals surface area contributed by atoms with E-state index in [1.54, 1.807) is 7.11 Å². The van der Waals surface area contributed by atoms with Crippen molar-refractivity contribution in [2.75, 3.05) is 7.11 Å². The van der Waals surface area contributed by atoms with Crippen molar-refractivity contribution in [1.82, 2.24) is 0 Å². The second-order valence-electron chi connectivity index (χ2n) is 6.68. The number of unbranched alkanes of at least 4 members (excludes halogenated alkanes) is 1. The van der Waals surface area contributed by atoms with Crippen LogP contribution in [0.15, 0.2) is 42.5 Å². The zero-order valence-corrected chi connectivity index (χ0v) is 15.1. The van der Waals surface area contributed by atoms with Crippen LogP contribution in [0, 0.1) is 23.7 Å². The summed E-state index contributed by atoms with van der Waals surface area (Å²) in [6.07, 6.45) is 17.9. The lowest BCUT2D eigenvalue weighted by atomic mass is 9.80. The predicted molar refractivity (Wildman–Crippen MR) is 104 cm³/mol. The summed E-state index contributed by atoms with van der Waals surface area (Å²) in [6, 6.07) is 7.99. The lowest BCUT2D eigenvalue weighted by Gasteiger charge is -2.26. The summed E-state index contributed by atoms with van der Waals surface area (Å²) in [4.78, 5) is 0. The molecule has 0 radical (unpaired) electrons. The van der Waals surface area contributed by atoms with Gasteiger partial charge in [-0.1, -0.05) is 56.2 Å². The van der Waals surface area contributed by atoms with Crippen LogP contribution in [-0.2, 0) is 0 Å². The molecule has 1 nitrogen and oxygen atoms in total. The van der Waals surface area contributed by atoms with E-state index in [0.717, 1.165) is 23.1 Å².